The average Bonchev–Trinajstić information content (AvgIpc) is 3.26. The van der Waals surface area contributed by atoms with Crippen molar-refractivity contribution < 1.29 is 5.11 Å². The van der Waals surface area contributed by atoms with Crippen LogP contribution in [0.4, 0.5) is 0 Å². The summed E-state index contributed by atoms with van der Waals surface area (Å²) < 4.78 is 1.07. The molecule has 1 aliphatic rings. The Bertz CT molecular complexity index is 558. The van der Waals surface area contributed by atoms with Crippen LogP contribution in [0, 0.1) is 0 Å². The van der Waals surface area contributed by atoms with E-state index in [1.807, 2.05) is 18.2 Å². The Morgan fingerprint density at radius 2 is 1.74 bits per heavy atom. The van der Waals surface area contributed by atoms with Gasteiger partial charge in [-0.15, -0.1) is 0 Å². The third kappa shape index (κ3) is 3.07. The number of hydrogen-bond acceptors (Lipinski definition) is 1. The van der Waals surface area contributed by atoms with Crippen LogP contribution in [0.5, 0.6) is 0 Å². The van der Waals surface area contributed by atoms with Crippen LogP contribution in [-0.2, 0) is 6.42 Å². The zero-order valence-electron chi connectivity index (χ0n) is 10.7. The standard InChI is InChI=1S/C17H17BrO/c18-14-9-5-12(6-10-14)11-17(19)16-4-2-1-3-15(16)13-7-8-13/h1-6,9-10,13,17,19H,7-8,11H2. The minimum atomic E-state index is -0.405. The van der Waals surface area contributed by atoms with E-state index in [1.165, 1.54) is 24.0 Å². The smallest absolute Gasteiger partial charge is 0.0833 e. The van der Waals surface area contributed by atoms with E-state index in [0.29, 0.717) is 12.3 Å². The fourth-order valence-corrected chi connectivity index (χ4v) is 2.80. The van der Waals surface area contributed by atoms with E-state index >= 15 is 0 Å². The second kappa shape index (κ2) is 5.48. The third-order valence-corrected chi connectivity index (χ3v) is 4.24. The highest BCUT2D eigenvalue weighted by molar-refractivity contribution is 9.10. The number of halogens is 1. The average molecular weight is 317 g/mol. The third-order valence-electron chi connectivity index (χ3n) is 3.71. The van der Waals surface area contributed by atoms with Crippen LogP contribution in [0.2, 0.25) is 0 Å². The summed E-state index contributed by atoms with van der Waals surface area (Å²) in [5, 5.41) is 10.5. The molecule has 2 aromatic carbocycles. The lowest BCUT2D eigenvalue weighted by atomic mass is 9.95. The zero-order chi connectivity index (χ0) is 13.2. The van der Waals surface area contributed by atoms with Gasteiger partial charge in [0.15, 0.2) is 0 Å². The van der Waals surface area contributed by atoms with Crippen molar-refractivity contribution in [2.24, 2.45) is 0 Å². The molecule has 1 saturated carbocycles. The van der Waals surface area contributed by atoms with Gasteiger partial charge in [-0.05, 0) is 47.6 Å². The molecule has 2 aromatic rings. The maximum atomic E-state index is 10.5. The Hall–Kier alpha value is -1.12. The normalized spacial score (nSPS) is 16.3. The van der Waals surface area contributed by atoms with Crippen LogP contribution in [0.25, 0.3) is 0 Å². The van der Waals surface area contributed by atoms with Crippen molar-refractivity contribution >= 4 is 15.9 Å². The lowest BCUT2D eigenvalue weighted by Gasteiger charge is -2.15. The fourth-order valence-electron chi connectivity index (χ4n) is 2.53. The van der Waals surface area contributed by atoms with E-state index in [9.17, 15) is 5.11 Å². The highest BCUT2D eigenvalue weighted by Gasteiger charge is 2.27. The van der Waals surface area contributed by atoms with Crippen molar-refractivity contribution in [2.75, 3.05) is 0 Å². The Labute approximate surface area is 122 Å². The predicted molar refractivity (Wildman–Crippen MR) is 81.2 cm³/mol. The maximum Gasteiger partial charge on any atom is 0.0833 e. The highest BCUT2D eigenvalue weighted by Crippen LogP contribution is 2.43. The first-order valence-corrected chi connectivity index (χ1v) is 7.54. The number of aliphatic hydroxyl groups excluding tert-OH is 1. The maximum absolute atomic E-state index is 10.5. The van der Waals surface area contributed by atoms with Gasteiger partial charge in [0.05, 0.1) is 6.10 Å². The van der Waals surface area contributed by atoms with Gasteiger partial charge in [-0.1, -0.05) is 52.3 Å². The molecule has 19 heavy (non-hydrogen) atoms. The Morgan fingerprint density at radius 3 is 2.42 bits per heavy atom. The fraction of sp³-hybridized carbons (Fsp3) is 0.294. The van der Waals surface area contributed by atoms with Crippen molar-refractivity contribution in [3.63, 3.8) is 0 Å². The molecular weight excluding hydrogens is 300 g/mol. The Balaban J connectivity index is 1.80. The van der Waals surface area contributed by atoms with Crippen LogP contribution < -0.4 is 0 Å². The van der Waals surface area contributed by atoms with Gasteiger partial charge in [-0.25, -0.2) is 0 Å². The largest absolute Gasteiger partial charge is 0.388 e. The van der Waals surface area contributed by atoms with Crippen LogP contribution in [0.3, 0.4) is 0 Å². The van der Waals surface area contributed by atoms with Gasteiger partial charge in [0.1, 0.15) is 0 Å². The molecule has 0 aliphatic heterocycles. The minimum Gasteiger partial charge on any atom is -0.388 e. The second-order valence-corrected chi connectivity index (χ2v) is 6.17. The first kappa shape index (κ1) is 12.9. The molecule has 0 bridgehead atoms. The topological polar surface area (TPSA) is 20.2 Å². The van der Waals surface area contributed by atoms with Gasteiger partial charge >= 0.3 is 0 Å². The molecule has 1 atom stereocenters. The van der Waals surface area contributed by atoms with Gasteiger partial charge in [0.25, 0.3) is 0 Å². The molecule has 1 N–H and O–H groups in total. The van der Waals surface area contributed by atoms with Gasteiger partial charge in [-0.3, -0.25) is 0 Å². The summed E-state index contributed by atoms with van der Waals surface area (Å²) in [7, 11) is 0. The molecule has 0 aromatic heterocycles. The number of aliphatic hydroxyl groups is 1. The first-order chi connectivity index (χ1) is 9.24. The van der Waals surface area contributed by atoms with E-state index < -0.39 is 6.10 Å². The molecule has 2 heteroatoms. The van der Waals surface area contributed by atoms with E-state index in [4.69, 9.17) is 0 Å². The molecule has 0 amide bonds. The Morgan fingerprint density at radius 1 is 1.05 bits per heavy atom. The number of benzene rings is 2. The van der Waals surface area contributed by atoms with Crippen molar-refractivity contribution in [3.05, 3.63) is 69.7 Å². The summed E-state index contributed by atoms with van der Waals surface area (Å²) in [5.74, 6) is 0.677. The molecule has 0 saturated heterocycles. The lowest BCUT2D eigenvalue weighted by molar-refractivity contribution is 0.177. The van der Waals surface area contributed by atoms with Gasteiger partial charge in [-0.2, -0.15) is 0 Å². The van der Waals surface area contributed by atoms with E-state index in [2.05, 4.69) is 46.3 Å². The van der Waals surface area contributed by atoms with Crippen molar-refractivity contribution in [2.45, 2.75) is 31.3 Å². The molecule has 1 fully saturated rings. The summed E-state index contributed by atoms with van der Waals surface area (Å²) in [4.78, 5) is 0. The van der Waals surface area contributed by atoms with Crippen molar-refractivity contribution in [1.82, 2.24) is 0 Å². The summed E-state index contributed by atoms with van der Waals surface area (Å²) in [6.07, 6.45) is 2.80. The second-order valence-electron chi connectivity index (χ2n) is 5.25. The molecule has 0 radical (unpaired) electrons. The molecule has 3 rings (SSSR count). The number of hydrogen-bond donors (Lipinski definition) is 1. The first-order valence-electron chi connectivity index (χ1n) is 6.75. The highest BCUT2D eigenvalue weighted by atomic mass is 79.9. The predicted octanol–water partition coefficient (Wildman–Crippen LogP) is 4.60. The summed E-state index contributed by atoms with van der Waals surface area (Å²) in [6.45, 7) is 0. The van der Waals surface area contributed by atoms with E-state index in [1.54, 1.807) is 0 Å². The molecule has 0 spiro atoms. The van der Waals surface area contributed by atoms with Gasteiger partial charge < -0.3 is 5.11 Å². The SMILES string of the molecule is OC(Cc1ccc(Br)cc1)c1ccccc1C1CC1. The van der Waals surface area contributed by atoms with Crippen LogP contribution in [0.15, 0.2) is 53.0 Å². The van der Waals surface area contributed by atoms with Crippen molar-refractivity contribution in [3.8, 4) is 0 Å². The Kier molecular flexibility index (Phi) is 3.72. The van der Waals surface area contributed by atoms with Crippen LogP contribution in [0.1, 0.15) is 41.6 Å². The monoisotopic (exact) mass is 316 g/mol. The summed E-state index contributed by atoms with van der Waals surface area (Å²) >= 11 is 3.43. The number of rotatable bonds is 4. The molecular formula is C17H17BrO. The van der Waals surface area contributed by atoms with Crippen LogP contribution >= 0.6 is 15.9 Å². The van der Waals surface area contributed by atoms with Gasteiger partial charge in [0.2, 0.25) is 0 Å². The van der Waals surface area contributed by atoms with Gasteiger partial charge in [0, 0.05) is 10.9 Å². The van der Waals surface area contributed by atoms with Crippen molar-refractivity contribution in [1.29, 1.82) is 0 Å². The zero-order valence-corrected chi connectivity index (χ0v) is 12.3. The summed E-state index contributed by atoms with van der Waals surface area (Å²) in [6, 6.07) is 16.5. The molecule has 1 unspecified atom stereocenters. The molecule has 1 aliphatic carbocycles. The van der Waals surface area contributed by atoms with E-state index in [0.717, 1.165) is 10.0 Å². The molecule has 1 nitrogen and oxygen atoms in total. The molecule has 98 valence electrons. The summed E-state index contributed by atoms with van der Waals surface area (Å²) in [5.41, 5.74) is 3.61. The quantitative estimate of drug-likeness (QED) is 0.873. The minimum absolute atomic E-state index is 0.405. The molecule has 0 heterocycles. The van der Waals surface area contributed by atoms with E-state index in [-0.39, 0.29) is 0 Å². The lowest BCUT2D eigenvalue weighted by Crippen LogP contribution is -2.04. The van der Waals surface area contributed by atoms with Crippen LogP contribution in [-0.4, -0.2) is 5.11 Å².